The normalized spacial score (nSPS) is 12.2. The van der Waals surface area contributed by atoms with Crippen molar-refractivity contribution in [3.05, 3.63) is 59.9 Å². The molecule has 2 aromatic carbocycles. The van der Waals surface area contributed by atoms with Gasteiger partial charge < -0.3 is 9.30 Å². The summed E-state index contributed by atoms with van der Waals surface area (Å²) in [6, 6.07) is 16.1. The molecule has 4 nitrogen and oxygen atoms in total. The maximum Gasteiger partial charge on any atom is 0.185 e. The Bertz CT molecular complexity index is 837. The molecule has 3 aromatic rings. The lowest BCUT2D eigenvalue weighted by molar-refractivity contribution is 0.111. The van der Waals surface area contributed by atoms with Gasteiger partial charge in [0.2, 0.25) is 0 Å². The molecule has 25 heavy (non-hydrogen) atoms. The maximum atomic E-state index is 11.2. The van der Waals surface area contributed by atoms with E-state index in [1.807, 2.05) is 41.0 Å². The molecular formula is C21H24N2O2. The molecule has 3 rings (SSSR count). The zero-order valence-corrected chi connectivity index (χ0v) is 14.8. The van der Waals surface area contributed by atoms with Crippen LogP contribution >= 0.6 is 0 Å². The van der Waals surface area contributed by atoms with Crippen molar-refractivity contribution in [1.29, 1.82) is 0 Å². The zero-order chi connectivity index (χ0) is 17.6. The largest absolute Gasteiger partial charge is 0.494 e. The van der Waals surface area contributed by atoms with E-state index in [0.717, 1.165) is 35.9 Å². The predicted molar refractivity (Wildman–Crippen MR) is 100 cm³/mol. The lowest BCUT2D eigenvalue weighted by Gasteiger charge is -2.11. The number of hydrogen-bond acceptors (Lipinski definition) is 3. The molecule has 0 N–H and O–H groups in total. The quantitative estimate of drug-likeness (QED) is 0.437. The molecule has 0 aliphatic heterocycles. The maximum absolute atomic E-state index is 11.2. The number of aldehydes is 1. The number of hydrogen-bond donors (Lipinski definition) is 0. The predicted octanol–water partition coefficient (Wildman–Crippen LogP) is 4.83. The van der Waals surface area contributed by atoms with E-state index in [0.29, 0.717) is 24.9 Å². The third-order valence-corrected chi connectivity index (χ3v) is 4.65. The fourth-order valence-electron chi connectivity index (χ4n) is 2.96. The summed E-state index contributed by atoms with van der Waals surface area (Å²) in [5.41, 5.74) is 3.18. The van der Waals surface area contributed by atoms with Gasteiger partial charge in [0.1, 0.15) is 5.75 Å². The van der Waals surface area contributed by atoms with E-state index < -0.39 is 0 Å². The Morgan fingerprint density at radius 3 is 2.64 bits per heavy atom. The van der Waals surface area contributed by atoms with E-state index in [1.54, 1.807) is 0 Å². The third-order valence-electron chi connectivity index (χ3n) is 4.65. The number of para-hydroxylation sites is 2. The van der Waals surface area contributed by atoms with Crippen LogP contribution in [0.5, 0.6) is 5.75 Å². The number of aryl methyl sites for hydroxylation is 1. The van der Waals surface area contributed by atoms with E-state index in [-0.39, 0.29) is 0 Å². The fraction of sp³-hybridized carbons (Fsp3) is 0.333. The summed E-state index contributed by atoms with van der Waals surface area (Å²) in [5, 5.41) is 0. The number of fused-ring (bicyclic) bond motifs is 1. The summed E-state index contributed by atoms with van der Waals surface area (Å²) in [4.78, 5) is 15.6. The first kappa shape index (κ1) is 17.2. The highest BCUT2D eigenvalue weighted by molar-refractivity contribution is 5.82. The van der Waals surface area contributed by atoms with Crippen molar-refractivity contribution in [1.82, 2.24) is 9.55 Å². The average molecular weight is 336 g/mol. The van der Waals surface area contributed by atoms with Crippen LogP contribution in [0.25, 0.3) is 11.0 Å². The minimum Gasteiger partial charge on any atom is -0.494 e. The lowest BCUT2D eigenvalue weighted by Crippen LogP contribution is -2.07. The number of imidazole rings is 1. The summed E-state index contributed by atoms with van der Waals surface area (Å²) < 4.78 is 7.79. The summed E-state index contributed by atoms with van der Waals surface area (Å²) >= 11 is 0. The van der Waals surface area contributed by atoms with Crippen LogP contribution in [-0.4, -0.2) is 22.4 Å². The molecule has 0 saturated carbocycles. The molecule has 0 spiro atoms. The number of carbonyl (C=O) groups excluding carboxylic acids is 1. The Morgan fingerprint density at radius 1 is 1.16 bits per heavy atom. The van der Waals surface area contributed by atoms with Gasteiger partial charge in [0.05, 0.1) is 17.6 Å². The van der Waals surface area contributed by atoms with Gasteiger partial charge in [-0.25, -0.2) is 4.98 Å². The molecular weight excluding hydrogens is 312 g/mol. The molecule has 4 heteroatoms. The van der Waals surface area contributed by atoms with E-state index in [9.17, 15) is 4.79 Å². The summed E-state index contributed by atoms with van der Waals surface area (Å²) in [6.45, 7) is 5.74. The van der Waals surface area contributed by atoms with Gasteiger partial charge in [0.15, 0.2) is 12.1 Å². The zero-order valence-electron chi connectivity index (χ0n) is 14.8. The van der Waals surface area contributed by atoms with Gasteiger partial charge in [-0.05, 0) is 48.6 Å². The Kier molecular flexibility index (Phi) is 5.49. The molecule has 0 aliphatic rings. The lowest BCUT2D eigenvalue weighted by atomic mass is 9.99. The van der Waals surface area contributed by atoms with Gasteiger partial charge in [-0.3, -0.25) is 4.79 Å². The average Bonchev–Trinajstić information content (AvgIpc) is 3.03. The van der Waals surface area contributed by atoms with Gasteiger partial charge in [0.25, 0.3) is 0 Å². The Hall–Kier alpha value is -2.62. The summed E-state index contributed by atoms with van der Waals surface area (Å²) in [5.74, 6) is 1.93. The van der Waals surface area contributed by atoms with Crippen LogP contribution in [0.4, 0.5) is 0 Å². The van der Waals surface area contributed by atoms with Crippen molar-refractivity contribution in [2.24, 2.45) is 0 Å². The molecule has 0 saturated heterocycles. The molecule has 0 unspecified atom stereocenters. The van der Waals surface area contributed by atoms with Gasteiger partial charge >= 0.3 is 0 Å². The van der Waals surface area contributed by atoms with Crippen molar-refractivity contribution in [2.45, 2.75) is 39.2 Å². The molecule has 130 valence electrons. The second-order valence-corrected chi connectivity index (χ2v) is 6.31. The smallest absolute Gasteiger partial charge is 0.185 e. The molecule has 0 aliphatic carbocycles. The van der Waals surface area contributed by atoms with E-state index in [2.05, 4.69) is 31.0 Å². The highest BCUT2D eigenvalue weighted by atomic mass is 16.5. The minimum absolute atomic E-state index is 0.471. The van der Waals surface area contributed by atoms with Crippen LogP contribution in [0.15, 0.2) is 48.5 Å². The van der Waals surface area contributed by atoms with Crippen LogP contribution in [-0.2, 0) is 6.54 Å². The summed E-state index contributed by atoms with van der Waals surface area (Å²) in [7, 11) is 0. The van der Waals surface area contributed by atoms with E-state index in [4.69, 9.17) is 4.74 Å². The van der Waals surface area contributed by atoms with E-state index in [1.165, 1.54) is 5.56 Å². The standard InChI is InChI=1S/C21H24N2O2/c1-3-16(2)17-9-11-18(12-10-17)25-14-6-13-23-20-8-5-4-7-19(20)22-21(23)15-24/h4-5,7-12,15-16H,3,6,13-14H2,1-2H3/t16-/m0/s1. The Balaban J connectivity index is 1.58. The highest BCUT2D eigenvalue weighted by Gasteiger charge is 2.09. The van der Waals surface area contributed by atoms with Gasteiger partial charge in [-0.15, -0.1) is 0 Å². The molecule has 1 atom stereocenters. The molecule has 1 aromatic heterocycles. The van der Waals surface area contributed by atoms with Crippen LogP contribution in [0, 0.1) is 0 Å². The van der Waals surface area contributed by atoms with Crippen molar-refractivity contribution in [2.75, 3.05) is 6.61 Å². The van der Waals surface area contributed by atoms with Crippen LogP contribution in [0.2, 0.25) is 0 Å². The van der Waals surface area contributed by atoms with E-state index >= 15 is 0 Å². The fourth-order valence-corrected chi connectivity index (χ4v) is 2.96. The molecule has 1 heterocycles. The third kappa shape index (κ3) is 3.90. The first-order valence-electron chi connectivity index (χ1n) is 8.86. The van der Waals surface area contributed by atoms with Gasteiger partial charge in [-0.2, -0.15) is 0 Å². The number of rotatable bonds is 8. The number of carbonyl (C=O) groups is 1. The first-order chi connectivity index (χ1) is 12.2. The van der Waals surface area contributed by atoms with Gasteiger partial charge in [-0.1, -0.05) is 38.1 Å². The second-order valence-electron chi connectivity index (χ2n) is 6.31. The number of ether oxygens (including phenoxy) is 1. The number of benzene rings is 2. The van der Waals surface area contributed by atoms with Crippen molar-refractivity contribution in [3.8, 4) is 5.75 Å². The molecule has 0 bridgehead atoms. The van der Waals surface area contributed by atoms with Crippen LogP contribution in [0.3, 0.4) is 0 Å². The second kappa shape index (κ2) is 7.97. The Labute approximate surface area is 148 Å². The molecule has 0 fully saturated rings. The van der Waals surface area contributed by atoms with Crippen molar-refractivity contribution in [3.63, 3.8) is 0 Å². The SMILES string of the molecule is CC[C@H](C)c1ccc(OCCCn2c(C=O)nc3ccccc32)cc1. The number of aromatic nitrogens is 2. The van der Waals surface area contributed by atoms with Crippen molar-refractivity contribution >= 4 is 17.3 Å². The first-order valence-corrected chi connectivity index (χ1v) is 8.86. The van der Waals surface area contributed by atoms with Gasteiger partial charge in [0, 0.05) is 6.54 Å². The van der Waals surface area contributed by atoms with Crippen LogP contribution in [0.1, 0.15) is 48.8 Å². The van der Waals surface area contributed by atoms with Crippen LogP contribution < -0.4 is 4.74 Å². The summed E-state index contributed by atoms with van der Waals surface area (Å²) in [6.07, 6.45) is 2.76. The molecule has 0 radical (unpaired) electrons. The molecule has 0 amide bonds. The number of nitrogens with zero attached hydrogens (tertiary/aromatic N) is 2. The minimum atomic E-state index is 0.471. The topological polar surface area (TPSA) is 44.1 Å². The highest BCUT2D eigenvalue weighted by Crippen LogP contribution is 2.21. The monoisotopic (exact) mass is 336 g/mol. The Morgan fingerprint density at radius 2 is 1.92 bits per heavy atom. The van der Waals surface area contributed by atoms with Crippen molar-refractivity contribution < 1.29 is 9.53 Å².